The molecule has 0 saturated carbocycles. The maximum Gasteiger partial charge on any atom is 0.255 e. The third kappa shape index (κ3) is 4.92. The molecule has 0 aliphatic heterocycles. The van der Waals surface area contributed by atoms with Gasteiger partial charge in [-0.3, -0.25) is 9.78 Å². The van der Waals surface area contributed by atoms with Crippen LogP contribution in [-0.2, 0) is 21.4 Å². The molecule has 1 amide bonds. The first kappa shape index (κ1) is 17.2. The van der Waals surface area contributed by atoms with Crippen molar-refractivity contribution in [1.29, 1.82) is 0 Å². The summed E-state index contributed by atoms with van der Waals surface area (Å²) in [6.07, 6.45) is 3.13. The lowest BCUT2D eigenvalue weighted by molar-refractivity contribution is -0.120. The quantitative estimate of drug-likeness (QED) is 0.771. The molecule has 1 aromatic heterocycles. The second kappa shape index (κ2) is 7.40. The first-order chi connectivity index (χ1) is 10.9. The molecule has 0 bridgehead atoms. The minimum absolute atomic E-state index is 0.00751. The zero-order valence-corrected chi connectivity index (χ0v) is 13.5. The number of aromatic nitrogens is 1. The number of nitrogens with zero attached hydrogens (tertiary/aromatic N) is 1. The summed E-state index contributed by atoms with van der Waals surface area (Å²) in [6.45, 7) is -0.384. The highest BCUT2D eigenvalue weighted by Gasteiger charge is 2.20. The number of sulfonamides is 1. The number of primary amides is 1. The summed E-state index contributed by atoms with van der Waals surface area (Å²) in [6, 6.07) is 7.49. The van der Waals surface area contributed by atoms with Crippen molar-refractivity contribution in [3.05, 3.63) is 53.3 Å². The van der Waals surface area contributed by atoms with E-state index < -0.39 is 22.5 Å². The number of nitrogens with two attached hydrogens (primary N) is 1. The smallest absolute Gasteiger partial charge is 0.255 e. The molecule has 3 N–H and O–H groups in total. The van der Waals surface area contributed by atoms with Crippen LogP contribution in [0.2, 0.25) is 5.02 Å². The van der Waals surface area contributed by atoms with E-state index in [1.165, 1.54) is 18.2 Å². The molecule has 0 aliphatic rings. The van der Waals surface area contributed by atoms with Crippen LogP contribution in [0.25, 0.3) is 0 Å². The van der Waals surface area contributed by atoms with Gasteiger partial charge in [-0.2, -0.15) is 0 Å². The van der Waals surface area contributed by atoms with E-state index in [4.69, 9.17) is 22.1 Å². The fourth-order valence-electron chi connectivity index (χ4n) is 1.72. The van der Waals surface area contributed by atoms with Crippen molar-refractivity contribution >= 4 is 27.5 Å². The highest BCUT2D eigenvalue weighted by molar-refractivity contribution is 7.89. The Morgan fingerprint density at radius 2 is 2.13 bits per heavy atom. The molecular weight excluding hydrogens is 342 g/mol. The Bertz CT molecular complexity index is 797. The zero-order chi connectivity index (χ0) is 16.9. The van der Waals surface area contributed by atoms with Gasteiger partial charge < -0.3 is 10.5 Å². The van der Waals surface area contributed by atoms with E-state index in [0.717, 1.165) is 0 Å². The molecule has 2 aromatic rings. The Hall–Kier alpha value is -2.16. The molecule has 7 nitrogen and oxygen atoms in total. The zero-order valence-electron chi connectivity index (χ0n) is 11.9. The van der Waals surface area contributed by atoms with Crippen molar-refractivity contribution in [3.8, 4) is 5.75 Å². The van der Waals surface area contributed by atoms with Gasteiger partial charge in [0.15, 0.2) is 6.61 Å². The summed E-state index contributed by atoms with van der Waals surface area (Å²) in [5, 5.41) is 0.221. The van der Waals surface area contributed by atoms with Gasteiger partial charge >= 0.3 is 0 Å². The summed E-state index contributed by atoms with van der Waals surface area (Å²) in [4.78, 5) is 14.5. The normalized spacial score (nSPS) is 11.2. The number of hydrogen-bond donors (Lipinski definition) is 2. The number of hydrogen-bond acceptors (Lipinski definition) is 5. The van der Waals surface area contributed by atoms with Gasteiger partial charge in [-0.25, -0.2) is 13.1 Å². The summed E-state index contributed by atoms with van der Waals surface area (Å²) in [5.74, 6) is -0.724. The van der Waals surface area contributed by atoms with Crippen LogP contribution in [0.15, 0.2) is 47.6 Å². The fraction of sp³-hybridized carbons (Fsp3) is 0.143. The number of halogens is 1. The maximum absolute atomic E-state index is 12.4. The second-order valence-corrected chi connectivity index (χ2v) is 6.70. The molecule has 0 radical (unpaired) electrons. The average molecular weight is 356 g/mol. The molecule has 0 unspecified atom stereocenters. The van der Waals surface area contributed by atoms with Crippen molar-refractivity contribution in [3.63, 3.8) is 0 Å². The summed E-state index contributed by atoms with van der Waals surface area (Å²) in [7, 11) is -3.90. The molecule has 1 aromatic carbocycles. The van der Waals surface area contributed by atoms with Crippen LogP contribution < -0.4 is 15.2 Å². The molecule has 23 heavy (non-hydrogen) atoms. The number of carbonyl (C=O) groups is 1. The van der Waals surface area contributed by atoms with Crippen molar-refractivity contribution < 1.29 is 17.9 Å². The number of carbonyl (C=O) groups excluding carboxylic acids is 1. The Morgan fingerprint density at radius 3 is 2.78 bits per heavy atom. The molecule has 0 aliphatic carbocycles. The molecule has 9 heteroatoms. The standard InChI is InChI=1S/C14H14ClN3O4S/c15-11-3-4-12(22-9-14(16)19)13(6-11)23(20,21)18-8-10-2-1-5-17-7-10/h1-7,18H,8-9H2,(H2,16,19). The second-order valence-electron chi connectivity index (χ2n) is 4.53. The van der Waals surface area contributed by atoms with Crippen LogP contribution in [0.1, 0.15) is 5.56 Å². The summed E-state index contributed by atoms with van der Waals surface area (Å²) >= 11 is 5.85. The van der Waals surface area contributed by atoms with Crippen LogP contribution >= 0.6 is 11.6 Å². The lowest BCUT2D eigenvalue weighted by atomic mass is 10.3. The minimum Gasteiger partial charge on any atom is -0.482 e. The topological polar surface area (TPSA) is 111 Å². The van der Waals surface area contributed by atoms with Crippen molar-refractivity contribution in [1.82, 2.24) is 9.71 Å². The van der Waals surface area contributed by atoms with E-state index in [9.17, 15) is 13.2 Å². The van der Waals surface area contributed by atoms with Crippen LogP contribution in [-0.4, -0.2) is 25.9 Å². The van der Waals surface area contributed by atoms with Crippen molar-refractivity contribution in [2.75, 3.05) is 6.61 Å². The predicted molar refractivity (Wildman–Crippen MR) is 84.4 cm³/mol. The van der Waals surface area contributed by atoms with Crippen LogP contribution in [0.5, 0.6) is 5.75 Å². The van der Waals surface area contributed by atoms with Crippen LogP contribution in [0.3, 0.4) is 0 Å². The van der Waals surface area contributed by atoms with Crippen molar-refractivity contribution in [2.24, 2.45) is 5.73 Å². The monoisotopic (exact) mass is 355 g/mol. The molecule has 2 rings (SSSR count). The summed E-state index contributed by atoms with van der Waals surface area (Å²) < 4.78 is 32.4. The van der Waals surface area contributed by atoms with Crippen LogP contribution in [0.4, 0.5) is 0 Å². The number of nitrogens with one attached hydrogen (secondary N) is 1. The lowest BCUT2D eigenvalue weighted by Gasteiger charge is -2.12. The van der Waals surface area contributed by atoms with E-state index in [0.29, 0.717) is 5.56 Å². The molecule has 0 atom stereocenters. The average Bonchev–Trinajstić information content (AvgIpc) is 2.52. The Balaban J connectivity index is 2.23. The van der Waals surface area contributed by atoms with E-state index in [2.05, 4.69) is 9.71 Å². The maximum atomic E-state index is 12.4. The Kier molecular flexibility index (Phi) is 5.54. The first-order valence-electron chi connectivity index (χ1n) is 6.48. The predicted octanol–water partition coefficient (Wildman–Crippen LogP) is 1.08. The number of ether oxygens (including phenoxy) is 1. The number of rotatable bonds is 7. The largest absolute Gasteiger partial charge is 0.482 e. The Morgan fingerprint density at radius 1 is 1.35 bits per heavy atom. The molecule has 1 heterocycles. The fourth-order valence-corrected chi connectivity index (χ4v) is 3.14. The third-order valence-corrected chi connectivity index (χ3v) is 4.41. The van der Waals surface area contributed by atoms with E-state index in [-0.39, 0.29) is 22.2 Å². The van der Waals surface area contributed by atoms with Gasteiger partial charge in [0.25, 0.3) is 5.91 Å². The minimum atomic E-state index is -3.90. The van der Waals surface area contributed by atoms with Gasteiger partial charge in [-0.15, -0.1) is 0 Å². The highest BCUT2D eigenvalue weighted by atomic mass is 35.5. The van der Waals surface area contributed by atoms with Crippen LogP contribution in [0, 0.1) is 0 Å². The van der Waals surface area contributed by atoms with Gasteiger partial charge in [-0.1, -0.05) is 17.7 Å². The molecule has 0 fully saturated rings. The molecule has 0 saturated heterocycles. The number of benzene rings is 1. The Labute approximate surface area is 138 Å². The van der Waals surface area contributed by atoms with E-state index >= 15 is 0 Å². The van der Waals surface area contributed by atoms with Gasteiger partial charge in [0.05, 0.1) is 0 Å². The summed E-state index contributed by atoms with van der Waals surface area (Å²) in [5.41, 5.74) is 5.69. The molecule has 122 valence electrons. The van der Waals surface area contributed by atoms with E-state index in [1.54, 1.807) is 24.5 Å². The van der Waals surface area contributed by atoms with Crippen molar-refractivity contribution in [2.45, 2.75) is 11.4 Å². The number of pyridine rings is 1. The lowest BCUT2D eigenvalue weighted by Crippen LogP contribution is -2.25. The molecular formula is C14H14ClN3O4S. The highest BCUT2D eigenvalue weighted by Crippen LogP contribution is 2.27. The van der Waals surface area contributed by atoms with Gasteiger partial charge in [0, 0.05) is 24.0 Å². The SMILES string of the molecule is NC(=O)COc1ccc(Cl)cc1S(=O)(=O)NCc1cccnc1. The third-order valence-electron chi connectivity index (χ3n) is 2.75. The van der Waals surface area contributed by atoms with Gasteiger partial charge in [0.1, 0.15) is 10.6 Å². The molecule has 0 spiro atoms. The number of amides is 1. The van der Waals surface area contributed by atoms with E-state index in [1.807, 2.05) is 0 Å². The van der Waals surface area contributed by atoms with Gasteiger partial charge in [-0.05, 0) is 29.8 Å². The first-order valence-corrected chi connectivity index (χ1v) is 8.34. The van der Waals surface area contributed by atoms with Gasteiger partial charge in [0.2, 0.25) is 10.0 Å².